The number of nitrogens with two attached hydrogens (primary N) is 1. The van der Waals surface area contributed by atoms with Gasteiger partial charge in [0.25, 0.3) is 0 Å². The van der Waals surface area contributed by atoms with E-state index in [4.69, 9.17) is 10.5 Å². The van der Waals surface area contributed by atoms with Gasteiger partial charge >= 0.3 is 0 Å². The second-order valence-electron chi connectivity index (χ2n) is 5.84. The number of hydrogen-bond donors (Lipinski definition) is 1. The Kier molecular flexibility index (Phi) is 5.42. The van der Waals surface area contributed by atoms with Crippen LogP contribution in [0.4, 0.5) is 0 Å². The van der Waals surface area contributed by atoms with Crippen LogP contribution in [0, 0.1) is 0 Å². The minimum Gasteiger partial charge on any atom is -0.372 e. The molecule has 2 fully saturated rings. The smallest absolute Gasteiger partial charge is 0.0707 e. The second kappa shape index (κ2) is 6.85. The zero-order valence-electron chi connectivity index (χ0n) is 12.0. The van der Waals surface area contributed by atoms with Crippen LogP contribution < -0.4 is 5.73 Å². The minimum absolute atomic E-state index is 0.307. The Bertz CT molecular complexity index is 249. The van der Waals surface area contributed by atoms with Gasteiger partial charge in [-0.1, -0.05) is 6.92 Å². The summed E-state index contributed by atoms with van der Waals surface area (Å²) in [5.41, 5.74) is 5.65. The van der Waals surface area contributed by atoms with Crippen LogP contribution in [0.1, 0.15) is 32.6 Å². The summed E-state index contributed by atoms with van der Waals surface area (Å²) in [7, 11) is 2.23. The molecule has 0 aliphatic carbocycles. The molecule has 4 nitrogen and oxygen atoms in total. The molecule has 0 aromatic heterocycles. The lowest BCUT2D eigenvalue weighted by Crippen LogP contribution is -2.41. The third-order valence-corrected chi connectivity index (χ3v) is 4.40. The molecule has 0 radical (unpaired) electrons. The van der Waals surface area contributed by atoms with Crippen molar-refractivity contribution in [3.63, 3.8) is 0 Å². The van der Waals surface area contributed by atoms with Gasteiger partial charge in [-0.2, -0.15) is 0 Å². The van der Waals surface area contributed by atoms with Crippen molar-refractivity contribution in [3.8, 4) is 0 Å². The molecule has 0 spiro atoms. The molecule has 2 saturated heterocycles. The highest BCUT2D eigenvalue weighted by Crippen LogP contribution is 2.21. The van der Waals surface area contributed by atoms with E-state index in [1.807, 2.05) is 0 Å². The van der Waals surface area contributed by atoms with Crippen molar-refractivity contribution >= 4 is 0 Å². The summed E-state index contributed by atoms with van der Waals surface area (Å²) in [5.74, 6) is 0. The highest BCUT2D eigenvalue weighted by atomic mass is 16.5. The summed E-state index contributed by atoms with van der Waals surface area (Å²) < 4.78 is 5.92. The maximum absolute atomic E-state index is 5.92. The fourth-order valence-corrected chi connectivity index (χ4v) is 3.39. The molecule has 4 heteroatoms. The molecule has 3 atom stereocenters. The predicted octanol–water partition coefficient (Wildman–Crippen LogP) is 0.909. The van der Waals surface area contributed by atoms with Crippen molar-refractivity contribution in [3.05, 3.63) is 0 Å². The Hall–Kier alpha value is -0.160. The van der Waals surface area contributed by atoms with E-state index in [0.29, 0.717) is 18.8 Å². The van der Waals surface area contributed by atoms with Gasteiger partial charge in [0.15, 0.2) is 0 Å². The Morgan fingerprint density at radius 3 is 2.67 bits per heavy atom. The first-order valence-corrected chi connectivity index (χ1v) is 7.51. The Balaban J connectivity index is 1.70. The fourth-order valence-electron chi connectivity index (χ4n) is 3.39. The normalized spacial score (nSPS) is 33.7. The molecule has 0 amide bonds. The largest absolute Gasteiger partial charge is 0.372 e. The quantitative estimate of drug-likeness (QED) is 0.766. The van der Waals surface area contributed by atoms with Crippen LogP contribution in [-0.4, -0.2) is 67.8 Å². The average Bonchev–Trinajstić information content (AvgIpc) is 2.97. The molecule has 106 valence electrons. The average molecular weight is 255 g/mol. The van der Waals surface area contributed by atoms with Gasteiger partial charge in [-0.05, 0) is 45.8 Å². The van der Waals surface area contributed by atoms with Gasteiger partial charge in [-0.15, -0.1) is 0 Å². The number of likely N-dealkylation sites (tertiary alicyclic amines) is 1. The van der Waals surface area contributed by atoms with Crippen molar-refractivity contribution in [2.45, 2.75) is 50.9 Å². The van der Waals surface area contributed by atoms with E-state index in [9.17, 15) is 0 Å². The third-order valence-electron chi connectivity index (χ3n) is 4.40. The lowest BCUT2D eigenvalue weighted by Gasteiger charge is -2.29. The van der Waals surface area contributed by atoms with E-state index in [1.54, 1.807) is 0 Å². The summed E-state index contributed by atoms with van der Waals surface area (Å²) in [6.07, 6.45) is 5.74. The lowest BCUT2D eigenvalue weighted by molar-refractivity contribution is 0.0281. The summed E-state index contributed by atoms with van der Waals surface area (Å²) >= 11 is 0. The van der Waals surface area contributed by atoms with Gasteiger partial charge in [0.05, 0.1) is 12.2 Å². The van der Waals surface area contributed by atoms with Crippen LogP contribution in [0.5, 0.6) is 0 Å². The van der Waals surface area contributed by atoms with Crippen LogP contribution in [0.15, 0.2) is 0 Å². The van der Waals surface area contributed by atoms with Gasteiger partial charge in [0.2, 0.25) is 0 Å². The number of nitrogens with zero attached hydrogens (tertiary/aromatic N) is 2. The minimum atomic E-state index is 0.307. The van der Waals surface area contributed by atoms with Gasteiger partial charge in [-0.25, -0.2) is 0 Å². The second-order valence-corrected chi connectivity index (χ2v) is 5.84. The summed E-state index contributed by atoms with van der Waals surface area (Å²) in [4.78, 5) is 5.05. The van der Waals surface area contributed by atoms with Crippen molar-refractivity contribution in [1.29, 1.82) is 0 Å². The van der Waals surface area contributed by atoms with E-state index in [-0.39, 0.29) is 0 Å². The molecule has 0 saturated carbocycles. The zero-order valence-corrected chi connectivity index (χ0v) is 12.0. The van der Waals surface area contributed by atoms with Crippen LogP contribution in [-0.2, 0) is 4.74 Å². The van der Waals surface area contributed by atoms with Crippen molar-refractivity contribution in [2.75, 3.05) is 39.8 Å². The Morgan fingerprint density at radius 2 is 2.00 bits per heavy atom. The molecule has 0 bridgehead atoms. The molecule has 2 aliphatic rings. The third kappa shape index (κ3) is 3.67. The number of ether oxygens (including phenoxy) is 1. The highest BCUT2D eigenvalue weighted by molar-refractivity contribution is 4.82. The molecule has 0 aromatic carbocycles. The topological polar surface area (TPSA) is 41.7 Å². The van der Waals surface area contributed by atoms with E-state index in [1.165, 1.54) is 38.9 Å². The SMILES string of the molecule is CCN1CCCC1CN(C)CC1CCC(CN)O1. The molecule has 0 aromatic rings. The van der Waals surface area contributed by atoms with Crippen molar-refractivity contribution in [2.24, 2.45) is 5.73 Å². The first-order valence-electron chi connectivity index (χ1n) is 7.51. The van der Waals surface area contributed by atoms with Gasteiger partial charge in [0.1, 0.15) is 0 Å². The van der Waals surface area contributed by atoms with E-state index in [0.717, 1.165) is 19.0 Å². The van der Waals surface area contributed by atoms with Crippen LogP contribution in [0.3, 0.4) is 0 Å². The van der Waals surface area contributed by atoms with E-state index >= 15 is 0 Å². The molecule has 2 aliphatic heterocycles. The van der Waals surface area contributed by atoms with Crippen LogP contribution >= 0.6 is 0 Å². The zero-order chi connectivity index (χ0) is 13.0. The standard InChI is InChI=1S/C14H29N3O/c1-3-17-8-4-5-12(17)10-16(2)11-14-7-6-13(9-15)18-14/h12-14H,3-11,15H2,1-2H3. The molecular weight excluding hydrogens is 226 g/mol. The first-order chi connectivity index (χ1) is 8.72. The Labute approximate surface area is 111 Å². The van der Waals surface area contributed by atoms with Crippen molar-refractivity contribution in [1.82, 2.24) is 9.80 Å². The molecule has 2 heterocycles. The number of rotatable bonds is 6. The maximum Gasteiger partial charge on any atom is 0.0707 e. The van der Waals surface area contributed by atoms with Crippen LogP contribution in [0.25, 0.3) is 0 Å². The summed E-state index contributed by atoms with van der Waals surface area (Å²) in [6, 6.07) is 0.756. The molecule has 18 heavy (non-hydrogen) atoms. The first kappa shape index (κ1) is 14.3. The molecule has 2 N–H and O–H groups in total. The van der Waals surface area contributed by atoms with Gasteiger partial charge in [0, 0.05) is 25.7 Å². The molecule has 2 rings (SSSR count). The van der Waals surface area contributed by atoms with E-state index < -0.39 is 0 Å². The number of hydrogen-bond acceptors (Lipinski definition) is 4. The highest BCUT2D eigenvalue weighted by Gasteiger charge is 2.28. The van der Waals surface area contributed by atoms with Crippen LogP contribution in [0.2, 0.25) is 0 Å². The van der Waals surface area contributed by atoms with Gasteiger partial charge in [-0.3, -0.25) is 4.90 Å². The van der Waals surface area contributed by atoms with Gasteiger partial charge < -0.3 is 15.4 Å². The Morgan fingerprint density at radius 1 is 1.22 bits per heavy atom. The monoisotopic (exact) mass is 255 g/mol. The number of likely N-dealkylation sites (N-methyl/N-ethyl adjacent to an activating group) is 2. The molecular formula is C14H29N3O. The molecule has 3 unspecified atom stereocenters. The lowest BCUT2D eigenvalue weighted by atomic mass is 10.1. The van der Waals surface area contributed by atoms with E-state index in [2.05, 4.69) is 23.8 Å². The summed E-state index contributed by atoms with van der Waals surface area (Å²) in [6.45, 7) is 7.65. The van der Waals surface area contributed by atoms with Crippen molar-refractivity contribution < 1.29 is 4.74 Å². The summed E-state index contributed by atoms with van der Waals surface area (Å²) in [5, 5.41) is 0. The predicted molar refractivity (Wildman–Crippen MR) is 74.7 cm³/mol. The fraction of sp³-hybridized carbons (Fsp3) is 1.00. The maximum atomic E-state index is 5.92.